The Labute approximate surface area is 535 Å². The molecule has 8 aliphatic heterocycles. The van der Waals surface area contributed by atoms with Crippen LogP contribution in [0.25, 0.3) is 0 Å². The van der Waals surface area contributed by atoms with Gasteiger partial charge in [-0.05, 0) is 0 Å². The highest BCUT2D eigenvalue weighted by Gasteiger charge is 2.54. The van der Waals surface area contributed by atoms with Crippen molar-refractivity contribution in [3.63, 3.8) is 0 Å². The van der Waals surface area contributed by atoms with Gasteiger partial charge in [-0.3, -0.25) is 18.2 Å². The van der Waals surface area contributed by atoms with Crippen LogP contribution in [0.4, 0.5) is 0 Å². The topological polar surface area (TPSA) is 688 Å². The fraction of sp³-hybridized carbons (Fsp3) is 1.00. The van der Waals surface area contributed by atoms with Gasteiger partial charge < -0.3 is 145 Å². The van der Waals surface area contributed by atoms with E-state index in [1.54, 1.807) is 0 Å². The number of methoxy groups -OCH3 is 1. The van der Waals surface area contributed by atoms with Crippen molar-refractivity contribution >= 4 is 41.6 Å². The minimum atomic E-state index is -5.22. The molecule has 94 heavy (non-hydrogen) atoms. The molecule has 8 unspecified atom stereocenters. The second-order valence-electron chi connectivity index (χ2n) is 22.8. The quantitative estimate of drug-likeness (QED) is 0.0340. The molecular formula is C45H80N4O41S4. The predicted octanol–water partition coefficient (Wildman–Crippen LogP) is -12.0. The SMILES string of the molecule is CO[C@H]1OC(COS(=O)(=O)O)[C@@H](O[C@H]2C[C@H](O)[C@@H](O[C@@H]3OC(COS(=O)(=O)O)[C@@H](O[C@H]4C[C@H](O)[C@@H](O[C@@H]5OC(COS(=O)(=O)O)[C@@H](O[C@H]6C[C@H](O)[C@H](O[C@@H]7OC(COS(=O)(=O)O)[C@@H](O[C@H]8C[C@H](O)[C@H](O)CO8)[C@H](O)C7N)CO6)[C@H](O)C5N)CO4)[C@H](O)C3N)CO2)[C@H](O)C1N. The zero-order chi connectivity index (χ0) is 69.1. The third-order valence-corrected chi connectivity index (χ3v) is 17.8. The highest BCUT2D eigenvalue weighted by atomic mass is 32.3. The predicted molar refractivity (Wildman–Crippen MR) is 289 cm³/mol. The average Bonchev–Trinajstić information content (AvgIpc) is 0.808. The van der Waals surface area contributed by atoms with Crippen molar-refractivity contribution in [2.75, 3.05) is 60.0 Å². The van der Waals surface area contributed by atoms with E-state index in [0.717, 1.165) is 0 Å². The molecule has 45 nitrogen and oxygen atoms in total. The normalized spacial score (nSPS) is 45.7. The first-order valence-electron chi connectivity index (χ1n) is 28.7. The summed E-state index contributed by atoms with van der Waals surface area (Å²) in [6.07, 6.45) is -45.6. The zero-order valence-electron chi connectivity index (χ0n) is 49.1. The van der Waals surface area contributed by atoms with E-state index in [4.69, 9.17) is 103 Å². The van der Waals surface area contributed by atoms with Crippen LogP contribution >= 0.6 is 0 Å². The summed E-state index contributed by atoms with van der Waals surface area (Å²) < 4.78 is 240. The van der Waals surface area contributed by atoms with E-state index in [-0.39, 0.29) is 13.0 Å². The van der Waals surface area contributed by atoms with E-state index >= 15 is 0 Å². The molecule has 8 heterocycles. The summed E-state index contributed by atoms with van der Waals surface area (Å²) in [5.41, 5.74) is 24.9. The zero-order valence-corrected chi connectivity index (χ0v) is 52.4. The van der Waals surface area contributed by atoms with Crippen LogP contribution in [-0.4, -0.2) is 354 Å². The van der Waals surface area contributed by atoms with Crippen LogP contribution in [0.1, 0.15) is 25.7 Å². The van der Waals surface area contributed by atoms with Crippen LogP contribution in [-0.2, 0) is 134 Å². The number of rotatable bonds is 27. The van der Waals surface area contributed by atoms with E-state index in [0.29, 0.717) is 0 Å². The summed E-state index contributed by atoms with van der Waals surface area (Å²) >= 11 is 0. The Kier molecular flexibility index (Phi) is 27.4. The summed E-state index contributed by atoms with van der Waals surface area (Å²) in [7, 11) is -19.4. The van der Waals surface area contributed by atoms with E-state index in [9.17, 15) is 93.3 Å². The van der Waals surface area contributed by atoms with E-state index in [2.05, 4.69) is 16.7 Å². The van der Waals surface area contributed by atoms with Crippen LogP contribution in [0.2, 0.25) is 0 Å². The van der Waals surface area contributed by atoms with Gasteiger partial charge in [0.2, 0.25) is 0 Å². The Morgan fingerprint density at radius 3 is 0.809 bits per heavy atom. The number of hydrogen-bond acceptors (Lipinski definition) is 41. The van der Waals surface area contributed by atoms with Crippen molar-refractivity contribution in [2.24, 2.45) is 22.9 Å². The van der Waals surface area contributed by atoms with Crippen LogP contribution in [0.15, 0.2) is 0 Å². The molecule has 0 radical (unpaired) electrons. The van der Waals surface area contributed by atoms with Crippen molar-refractivity contribution < 1.29 is 190 Å². The lowest BCUT2D eigenvalue weighted by Gasteiger charge is -2.47. The maximum absolute atomic E-state index is 11.8. The van der Waals surface area contributed by atoms with Gasteiger partial charge in [-0.25, -0.2) is 16.7 Å². The molecule has 8 rings (SSSR count). The van der Waals surface area contributed by atoms with Gasteiger partial charge in [-0.2, -0.15) is 33.7 Å². The second kappa shape index (κ2) is 33.0. The Morgan fingerprint density at radius 2 is 0.574 bits per heavy atom. The van der Waals surface area contributed by atoms with Crippen LogP contribution in [0.3, 0.4) is 0 Å². The lowest BCUT2D eigenvalue weighted by atomic mass is 9.96. The minimum Gasteiger partial charge on any atom is -0.390 e. The van der Waals surface area contributed by atoms with E-state index < -0.39 is 304 Å². The molecule has 0 spiro atoms. The fourth-order valence-corrected chi connectivity index (χ4v) is 12.3. The molecular weight excluding hydrogens is 1380 g/mol. The first-order valence-corrected chi connectivity index (χ1v) is 34.1. The van der Waals surface area contributed by atoms with Gasteiger partial charge in [0, 0.05) is 32.8 Å². The van der Waals surface area contributed by atoms with Gasteiger partial charge >= 0.3 is 41.6 Å². The molecule has 21 N–H and O–H groups in total. The first-order chi connectivity index (χ1) is 43.8. The van der Waals surface area contributed by atoms with Gasteiger partial charge in [-0.1, -0.05) is 0 Å². The summed E-state index contributed by atoms with van der Waals surface area (Å²) in [4.78, 5) is 0. The smallest absolute Gasteiger partial charge is 0.390 e. The Balaban J connectivity index is 0.842. The molecule has 550 valence electrons. The third kappa shape index (κ3) is 21.2. The standard InChI is InChI=1S/C45H80N4O41S4/c1-71-42-30(46)34(55)38(22(83-42)10-76-91(59,60)61)88-27-3-15(51)19(7-73-27)81-44-32(48)36(57)40(24(85-44)12-78-93(65,66)67)90-29-5-17(53)21(9-75-29)82-45-33(49)37(58)41(25(86-45)13-79-94(68,69)70)89-28-4-16(52)20(8-74-28)80-43-31(47)35(56)39(23(84-43)11-77-92(62,63)64)87-26-2-14(50)18(54)6-72-26/h14-45,50-58H,2-13,46-49H2,1H3,(H,59,60,61)(H,62,63,64)(H,65,66,67)(H,68,69,70)/t14-,15-,16-,17-,18+,19-,20+,21-,22?,23?,24?,25?,26-,27-,28-,29-,30?,31?,32?,33?,34+,35+,36+,37+,38+,39+,40+,41+,42-,43+,44+,45+/m0/s1. The molecule has 0 aromatic carbocycles. The van der Waals surface area contributed by atoms with Crippen molar-refractivity contribution in [3.05, 3.63) is 0 Å². The third-order valence-electron chi connectivity index (χ3n) is 16.1. The maximum atomic E-state index is 11.8. The van der Waals surface area contributed by atoms with Gasteiger partial charge in [0.25, 0.3) is 0 Å². The van der Waals surface area contributed by atoms with E-state index in [1.165, 1.54) is 7.11 Å². The lowest BCUT2D eigenvalue weighted by molar-refractivity contribution is -0.350. The molecule has 0 bridgehead atoms. The summed E-state index contributed by atoms with van der Waals surface area (Å²) in [5, 5.41) is 99.0. The molecule has 32 atom stereocenters. The number of aliphatic hydroxyl groups excluding tert-OH is 9. The molecule has 0 amide bonds. The number of hydrogen-bond donors (Lipinski definition) is 17. The van der Waals surface area contributed by atoms with Crippen molar-refractivity contribution in [1.82, 2.24) is 0 Å². The number of aliphatic hydroxyl groups is 9. The van der Waals surface area contributed by atoms with Crippen molar-refractivity contribution in [1.29, 1.82) is 0 Å². The molecule has 8 aliphatic rings. The monoisotopic (exact) mass is 1460 g/mol. The second-order valence-corrected chi connectivity index (χ2v) is 27.2. The van der Waals surface area contributed by atoms with Gasteiger partial charge in [0.15, 0.2) is 50.3 Å². The molecule has 0 aromatic heterocycles. The van der Waals surface area contributed by atoms with Crippen molar-refractivity contribution in [3.8, 4) is 0 Å². The van der Waals surface area contributed by atoms with Crippen LogP contribution in [0, 0.1) is 0 Å². The highest BCUT2D eigenvalue weighted by molar-refractivity contribution is 7.81. The number of ether oxygens (including phenoxy) is 16. The minimum absolute atomic E-state index is 0.303. The molecule has 8 fully saturated rings. The van der Waals surface area contributed by atoms with Gasteiger partial charge in [0.1, 0.15) is 97.7 Å². The summed E-state index contributed by atoms with van der Waals surface area (Å²) in [5.74, 6) is 0. The maximum Gasteiger partial charge on any atom is 0.397 e. The Bertz CT molecular complexity index is 2870. The summed E-state index contributed by atoms with van der Waals surface area (Å²) in [6.45, 7) is -6.16. The summed E-state index contributed by atoms with van der Waals surface area (Å²) in [6, 6.07) is -6.04. The molecule has 8 saturated heterocycles. The van der Waals surface area contributed by atoms with Crippen molar-refractivity contribution in [2.45, 2.75) is 222 Å². The van der Waals surface area contributed by atoms with Gasteiger partial charge in [0.05, 0.1) is 101 Å². The lowest BCUT2D eigenvalue weighted by Crippen LogP contribution is -2.66. The highest BCUT2D eigenvalue weighted by Crippen LogP contribution is 2.36. The molecule has 0 saturated carbocycles. The molecule has 0 aromatic rings. The number of nitrogens with two attached hydrogens (primary N) is 4. The first kappa shape index (κ1) is 78.0. The molecule has 49 heteroatoms. The average molecular weight is 1460 g/mol. The Morgan fingerprint density at radius 1 is 0.340 bits per heavy atom. The van der Waals surface area contributed by atoms with Gasteiger partial charge in [-0.15, -0.1) is 0 Å². The Hall–Kier alpha value is -1.68. The largest absolute Gasteiger partial charge is 0.397 e. The molecule has 0 aliphatic carbocycles. The fourth-order valence-electron chi connectivity index (χ4n) is 11.1. The van der Waals surface area contributed by atoms with Crippen LogP contribution < -0.4 is 22.9 Å². The van der Waals surface area contributed by atoms with E-state index in [1.807, 2.05) is 0 Å². The van der Waals surface area contributed by atoms with Crippen LogP contribution in [0.5, 0.6) is 0 Å².